The summed E-state index contributed by atoms with van der Waals surface area (Å²) >= 11 is 6.25. The first-order valence-electron chi connectivity index (χ1n) is 8.94. The van der Waals surface area contributed by atoms with Crippen molar-refractivity contribution in [3.63, 3.8) is 0 Å². The summed E-state index contributed by atoms with van der Waals surface area (Å²) < 4.78 is 0. The van der Waals surface area contributed by atoms with Crippen molar-refractivity contribution in [2.75, 3.05) is 4.90 Å². The topological polar surface area (TPSA) is 59.0 Å². The van der Waals surface area contributed by atoms with E-state index in [0.29, 0.717) is 22.0 Å². The van der Waals surface area contributed by atoms with E-state index in [2.05, 4.69) is 5.16 Å². The molecule has 0 bridgehead atoms. The van der Waals surface area contributed by atoms with Crippen molar-refractivity contribution >= 4 is 45.6 Å². The van der Waals surface area contributed by atoms with Gasteiger partial charge in [0.15, 0.2) is 0 Å². The van der Waals surface area contributed by atoms with Gasteiger partial charge < -0.3 is 4.84 Å². The largest absolute Gasteiger partial charge is 0.378 e. The van der Waals surface area contributed by atoms with Crippen LogP contribution in [0.5, 0.6) is 0 Å². The second kappa shape index (κ2) is 6.17. The Balaban J connectivity index is 1.47. The number of hydrogen-bond acceptors (Lipinski definition) is 4. The molecule has 2 aliphatic rings. The van der Waals surface area contributed by atoms with Crippen molar-refractivity contribution in [2.24, 2.45) is 5.16 Å². The van der Waals surface area contributed by atoms with Gasteiger partial charge in [-0.15, -0.1) is 0 Å². The molecule has 2 heterocycles. The first kappa shape index (κ1) is 17.0. The van der Waals surface area contributed by atoms with Crippen LogP contribution < -0.4 is 4.90 Å². The minimum atomic E-state index is -1.29. The van der Waals surface area contributed by atoms with Crippen LogP contribution in [0.1, 0.15) is 18.4 Å². The number of hydrogen-bond donors (Lipinski definition) is 0. The first-order valence-corrected chi connectivity index (χ1v) is 9.31. The second-order valence-corrected chi connectivity index (χ2v) is 7.43. The molecular weight excluding hydrogens is 376 g/mol. The Hall–Kier alpha value is -3.18. The summed E-state index contributed by atoms with van der Waals surface area (Å²) in [4.78, 5) is 32.7. The minimum absolute atomic E-state index is 0.0455. The minimum Gasteiger partial charge on any atom is -0.378 e. The van der Waals surface area contributed by atoms with Gasteiger partial charge in [0.25, 0.3) is 5.91 Å². The van der Waals surface area contributed by atoms with Gasteiger partial charge in [-0.2, -0.15) is 0 Å². The number of anilines is 1. The lowest BCUT2D eigenvalue weighted by Crippen LogP contribution is -2.40. The predicted molar refractivity (Wildman–Crippen MR) is 107 cm³/mol. The average molecular weight is 391 g/mol. The van der Waals surface area contributed by atoms with E-state index in [4.69, 9.17) is 16.4 Å². The number of rotatable bonds is 2. The van der Waals surface area contributed by atoms with Gasteiger partial charge in [0.05, 0.1) is 17.8 Å². The van der Waals surface area contributed by atoms with Crippen LogP contribution in [0.2, 0.25) is 5.02 Å². The van der Waals surface area contributed by atoms with Gasteiger partial charge in [0, 0.05) is 17.0 Å². The Morgan fingerprint density at radius 2 is 1.68 bits per heavy atom. The molecule has 1 fully saturated rings. The highest BCUT2D eigenvalue weighted by Gasteiger charge is 2.58. The maximum atomic E-state index is 13.2. The number of nitrogens with zero attached hydrogens (tertiary/aromatic N) is 2. The van der Waals surface area contributed by atoms with E-state index in [0.717, 1.165) is 10.8 Å². The summed E-state index contributed by atoms with van der Waals surface area (Å²) in [6.45, 7) is 0. The molecule has 6 heteroatoms. The lowest BCUT2D eigenvalue weighted by molar-refractivity contribution is -0.136. The average Bonchev–Trinajstić information content (AvgIpc) is 3.23. The van der Waals surface area contributed by atoms with Crippen molar-refractivity contribution in [1.29, 1.82) is 0 Å². The molecule has 3 aromatic carbocycles. The molecule has 1 spiro atoms. The molecule has 138 valence electrons. The van der Waals surface area contributed by atoms with Crippen molar-refractivity contribution in [2.45, 2.75) is 18.4 Å². The third kappa shape index (κ3) is 2.51. The zero-order chi connectivity index (χ0) is 19.3. The van der Waals surface area contributed by atoms with E-state index in [-0.39, 0.29) is 18.7 Å². The van der Waals surface area contributed by atoms with E-state index in [9.17, 15) is 9.59 Å². The maximum absolute atomic E-state index is 13.2. The van der Waals surface area contributed by atoms with Crippen LogP contribution in [0.3, 0.4) is 0 Å². The first-order chi connectivity index (χ1) is 13.6. The van der Waals surface area contributed by atoms with Crippen molar-refractivity contribution in [3.05, 3.63) is 77.3 Å². The highest BCUT2D eigenvalue weighted by molar-refractivity contribution is 6.34. The molecule has 0 radical (unpaired) electrons. The Morgan fingerprint density at radius 3 is 2.50 bits per heavy atom. The molecule has 0 aliphatic carbocycles. The molecule has 28 heavy (non-hydrogen) atoms. The molecule has 0 saturated carbocycles. The molecule has 0 unspecified atom stereocenters. The second-order valence-electron chi connectivity index (χ2n) is 7.02. The van der Waals surface area contributed by atoms with Crippen molar-refractivity contribution in [3.8, 4) is 0 Å². The normalized spacial score (nSPS) is 21.5. The summed E-state index contributed by atoms with van der Waals surface area (Å²) in [5, 5.41) is 6.63. The summed E-state index contributed by atoms with van der Waals surface area (Å²) in [7, 11) is 0. The summed E-state index contributed by atoms with van der Waals surface area (Å²) in [5.41, 5.74) is 0.537. The molecule has 2 aliphatic heterocycles. The van der Waals surface area contributed by atoms with Crippen LogP contribution in [0.25, 0.3) is 10.8 Å². The lowest BCUT2D eigenvalue weighted by atomic mass is 9.92. The zero-order valence-corrected chi connectivity index (χ0v) is 15.5. The van der Waals surface area contributed by atoms with Crippen molar-refractivity contribution < 1.29 is 14.4 Å². The molecule has 0 aromatic heterocycles. The molecule has 5 nitrogen and oxygen atoms in total. The van der Waals surface area contributed by atoms with Gasteiger partial charge in [-0.25, -0.2) is 4.90 Å². The SMILES string of the molecule is O=C1C[C@@]2(CC(c3ccccc3Cl)=NO2)C(=O)N1c1ccc2ccccc2c1. The van der Waals surface area contributed by atoms with E-state index >= 15 is 0 Å². The summed E-state index contributed by atoms with van der Waals surface area (Å²) in [6.07, 6.45) is 0.168. The van der Waals surface area contributed by atoms with Gasteiger partial charge in [-0.3, -0.25) is 9.59 Å². The number of fused-ring (bicyclic) bond motifs is 1. The molecular formula is C22H15ClN2O3. The molecule has 0 N–H and O–H groups in total. The number of amides is 2. The fourth-order valence-electron chi connectivity index (χ4n) is 3.82. The highest BCUT2D eigenvalue weighted by Crippen LogP contribution is 2.40. The fraction of sp³-hybridized carbons (Fsp3) is 0.136. The standard InChI is InChI=1S/C22H15ClN2O3/c23-18-8-4-3-7-17(18)19-12-22(28-24-19)13-20(26)25(21(22)27)16-10-9-14-5-1-2-6-15(14)11-16/h1-11H,12-13H2/t22-/m0/s1. The smallest absolute Gasteiger partial charge is 0.281 e. The predicted octanol–water partition coefficient (Wildman–Crippen LogP) is 4.32. The maximum Gasteiger partial charge on any atom is 0.281 e. The Labute approximate surface area is 166 Å². The quantitative estimate of drug-likeness (QED) is 0.612. The van der Waals surface area contributed by atoms with Gasteiger partial charge in [0.2, 0.25) is 11.5 Å². The van der Waals surface area contributed by atoms with E-state index in [1.807, 2.05) is 54.6 Å². The van der Waals surface area contributed by atoms with Crippen LogP contribution in [0.4, 0.5) is 5.69 Å². The number of benzene rings is 3. The number of halogens is 1. The molecule has 3 aromatic rings. The van der Waals surface area contributed by atoms with Gasteiger partial charge in [-0.1, -0.05) is 65.3 Å². The molecule has 1 saturated heterocycles. The summed E-state index contributed by atoms with van der Waals surface area (Å²) in [6, 6.07) is 20.6. The fourth-order valence-corrected chi connectivity index (χ4v) is 4.06. The van der Waals surface area contributed by atoms with Crippen LogP contribution in [0.15, 0.2) is 71.9 Å². The number of carbonyl (C=O) groups excluding carboxylic acids is 2. The number of carbonyl (C=O) groups is 2. The van der Waals surface area contributed by atoms with Crippen LogP contribution in [-0.4, -0.2) is 23.1 Å². The zero-order valence-electron chi connectivity index (χ0n) is 14.8. The van der Waals surface area contributed by atoms with Crippen LogP contribution >= 0.6 is 11.6 Å². The Morgan fingerprint density at radius 1 is 0.929 bits per heavy atom. The van der Waals surface area contributed by atoms with E-state index < -0.39 is 11.5 Å². The van der Waals surface area contributed by atoms with Gasteiger partial charge >= 0.3 is 0 Å². The monoisotopic (exact) mass is 390 g/mol. The third-order valence-corrected chi connectivity index (χ3v) is 5.57. The highest BCUT2D eigenvalue weighted by atomic mass is 35.5. The third-order valence-electron chi connectivity index (χ3n) is 5.24. The number of imide groups is 1. The molecule has 5 rings (SSSR count). The van der Waals surface area contributed by atoms with Crippen LogP contribution in [0, 0.1) is 0 Å². The molecule has 2 amide bonds. The summed E-state index contributed by atoms with van der Waals surface area (Å²) in [5.74, 6) is -0.686. The van der Waals surface area contributed by atoms with E-state index in [1.54, 1.807) is 12.1 Å². The Bertz CT molecular complexity index is 1170. The lowest BCUT2D eigenvalue weighted by Gasteiger charge is -2.19. The van der Waals surface area contributed by atoms with Gasteiger partial charge in [0.1, 0.15) is 0 Å². The Kier molecular flexibility index (Phi) is 3.74. The van der Waals surface area contributed by atoms with Crippen molar-refractivity contribution in [1.82, 2.24) is 0 Å². The van der Waals surface area contributed by atoms with E-state index in [1.165, 1.54) is 4.90 Å². The van der Waals surface area contributed by atoms with Crippen LogP contribution in [-0.2, 0) is 14.4 Å². The number of oxime groups is 1. The molecule has 1 atom stereocenters. The van der Waals surface area contributed by atoms with Gasteiger partial charge in [-0.05, 0) is 29.0 Å².